The maximum Gasteiger partial charge on any atom is 0.337 e. The van der Waals surface area contributed by atoms with Gasteiger partial charge >= 0.3 is 5.97 Å². The summed E-state index contributed by atoms with van der Waals surface area (Å²) in [5.74, 6) is -0.140. The fourth-order valence-corrected chi connectivity index (χ4v) is 1.94. The van der Waals surface area contributed by atoms with E-state index in [0.717, 1.165) is 23.7 Å². The van der Waals surface area contributed by atoms with Crippen molar-refractivity contribution < 1.29 is 9.90 Å². The number of aryl methyl sites for hydroxylation is 1. The molecule has 0 unspecified atom stereocenters. The number of carboxylic acids is 1. The summed E-state index contributed by atoms with van der Waals surface area (Å²) in [6.45, 7) is 2.86. The number of nitrogens with one attached hydrogen (secondary N) is 1. The van der Waals surface area contributed by atoms with Crippen molar-refractivity contribution in [2.24, 2.45) is 5.92 Å². The Morgan fingerprint density at radius 2 is 2.25 bits per heavy atom. The van der Waals surface area contributed by atoms with E-state index in [9.17, 15) is 4.79 Å². The summed E-state index contributed by atoms with van der Waals surface area (Å²) in [7, 11) is 0. The fourth-order valence-electron chi connectivity index (χ4n) is 1.94. The standard InChI is InChI=1S/C13H17NO2/c1-9-5-6-11(13(15)16)12(7-9)14-8-10-3-2-4-10/h5-7,10,14H,2-4,8H2,1H3,(H,15,16). The third-order valence-corrected chi connectivity index (χ3v) is 3.21. The van der Waals surface area contributed by atoms with Crippen LogP contribution in [0, 0.1) is 12.8 Å². The lowest BCUT2D eigenvalue weighted by Crippen LogP contribution is -2.21. The van der Waals surface area contributed by atoms with Crippen molar-refractivity contribution in [1.29, 1.82) is 0 Å². The molecule has 0 amide bonds. The number of aromatic carboxylic acids is 1. The van der Waals surface area contributed by atoms with Crippen LogP contribution in [0.5, 0.6) is 0 Å². The molecule has 2 rings (SSSR count). The molecule has 0 aromatic heterocycles. The number of benzene rings is 1. The van der Waals surface area contributed by atoms with E-state index >= 15 is 0 Å². The Kier molecular flexibility index (Phi) is 3.13. The van der Waals surface area contributed by atoms with Crippen LogP contribution in [-0.4, -0.2) is 17.6 Å². The first-order valence-corrected chi connectivity index (χ1v) is 5.74. The highest BCUT2D eigenvalue weighted by molar-refractivity contribution is 5.94. The molecule has 0 bridgehead atoms. The Bertz CT molecular complexity index is 397. The molecule has 2 N–H and O–H groups in total. The molecule has 16 heavy (non-hydrogen) atoms. The number of hydrogen-bond donors (Lipinski definition) is 2. The van der Waals surface area contributed by atoms with Gasteiger partial charge in [-0.1, -0.05) is 12.5 Å². The summed E-state index contributed by atoms with van der Waals surface area (Å²) in [4.78, 5) is 11.0. The molecule has 1 saturated carbocycles. The fraction of sp³-hybridized carbons (Fsp3) is 0.462. The largest absolute Gasteiger partial charge is 0.478 e. The molecular weight excluding hydrogens is 202 g/mol. The average Bonchev–Trinajstić information content (AvgIpc) is 2.14. The van der Waals surface area contributed by atoms with Gasteiger partial charge < -0.3 is 10.4 Å². The zero-order valence-corrected chi connectivity index (χ0v) is 9.49. The molecule has 1 aromatic rings. The van der Waals surface area contributed by atoms with E-state index in [1.165, 1.54) is 19.3 Å². The quantitative estimate of drug-likeness (QED) is 0.818. The zero-order valence-electron chi connectivity index (χ0n) is 9.49. The third-order valence-electron chi connectivity index (χ3n) is 3.21. The molecule has 3 heteroatoms. The van der Waals surface area contributed by atoms with Crippen LogP contribution in [0.3, 0.4) is 0 Å². The van der Waals surface area contributed by atoms with E-state index in [0.29, 0.717) is 5.56 Å². The second kappa shape index (κ2) is 4.56. The van der Waals surface area contributed by atoms with Gasteiger partial charge in [0, 0.05) is 12.2 Å². The maximum atomic E-state index is 11.0. The van der Waals surface area contributed by atoms with Crippen LogP contribution in [0.1, 0.15) is 35.2 Å². The van der Waals surface area contributed by atoms with Crippen molar-refractivity contribution in [2.75, 3.05) is 11.9 Å². The lowest BCUT2D eigenvalue weighted by atomic mass is 9.85. The van der Waals surface area contributed by atoms with E-state index in [2.05, 4.69) is 5.32 Å². The molecule has 1 aliphatic carbocycles. The Hall–Kier alpha value is -1.51. The summed E-state index contributed by atoms with van der Waals surface area (Å²) >= 11 is 0. The zero-order chi connectivity index (χ0) is 11.5. The second-order valence-corrected chi connectivity index (χ2v) is 4.53. The molecule has 0 atom stereocenters. The van der Waals surface area contributed by atoms with Crippen LogP contribution in [0.25, 0.3) is 0 Å². The van der Waals surface area contributed by atoms with Crippen LogP contribution < -0.4 is 5.32 Å². The lowest BCUT2D eigenvalue weighted by molar-refractivity contribution is 0.0698. The molecule has 1 aromatic carbocycles. The second-order valence-electron chi connectivity index (χ2n) is 4.53. The summed E-state index contributed by atoms with van der Waals surface area (Å²) in [6.07, 6.45) is 3.84. The number of anilines is 1. The molecule has 0 heterocycles. The van der Waals surface area contributed by atoms with E-state index in [4.69, 9.17) is 5.11 Å². The number of rotatable bonds is 4. The first kappa shape index (κ1) is 11.0. The van der Waals surface area contributed by atoms with Crippen LogP contribution >= 0.6 is 0 Å². The van der Waals surface area contributed by atoms with Gasteiger partial charge in [-0.05, 0) is 43.4 Å². The molecule has 0 spiro atoms. The van der Waals surface area contributed by atoms with Crippen molar-refractivity contribution in [2.45, 2.75) is 26.2 Å². The summed E-state index contributed by atoms with van der Waals surface area (Å²) < 4.78 is 0. The van der Waals surface area contributed by atoms with E-state index in [1.54, 1.807) is 6.07 Å². The molecular formula is C13H17NO2. The van der Waals surface area contributed by atoms with Crippen molar-refractivity contribution in [3.05, 3.63) is 29.3 Å². The SMILES string of the molecule is Cc1ccc(C(=O)O)c(NCC2CCC2)c1. The monoisotopic (exact) mass is 219 g/mol. The summed E-state index contributed by atoms with van der Waals surface area (Å²) in [5.41, 5.74) is 2.20. The minimum atomic E-state index is -0.865. The van der Waals surface area contributed by atoms with E-state index in [1.807, 2.05) is 19.1 Å². The van der Waals surface area contributed by atoms with Gasteiger partial charge in [0.2, 0.25) is 0 Å². The summed E-state index contributed by atoms with van der Waals surface area (Å²) in [5, 5.41) is 12.3. The Labute approximate surface area is 95.5 Å². The predicted molar refractivity (Wildman–Crippen MR) is 64.0 cm³/mol. The average molecular weight is 219 g/mol. The van der Waals surface area contributed by atoms with E-state index in [-0.39, 0.29) is 0 Å². The number of carboxylic acid groups (broad SMARTS) is 1. The maximum absolute atomic E-state index is 11.0. The van der Waals surface area contributed by atoms with Crippen molar-refractivity contribution in [3.63, 3.8) is 0 Å². The van der Waals surface area contributed by atoms with Gasteiger partial charge in [0.15, 0.2) is 0 Å². The Morgan fingerprint density at radius 3 is 2.81 bits per heavy atom. The highest BCUT2D eigenvalue weighted by atomic mass is 16.4. The molecule has 0 saturated heterocycles. The lowest BCUT2D eigenvalue weighted by Gasteiger charge is -2.26. The third kappa shape index (κ3) is 2.35. The first-order valence-electron chi connectivity index (χ1n) is 5.74. The van der Waals surface area contributed by atoms with Gasteiger partial charge in [-0.15, -0.1) is 0 Å². The van der Waals surface area contributed by atoms with Crippen molar-refractivity contribution >= 4 is 11.7 Å². The molecule has 0 radical (unpaired) electrons. The van der Waals surface area contributed by atoms with Crippen molar-refractivity contribution in [1.82, 2.24) is 0 Å². The Morgan fingerprint density at radius 1 is 1.50 bits per heavy atom. The number of carbonyl (C=O) groups is 1. The molecule has 3 nitrogen and oxygen atoms in total. The van der Waals surface area contributed by atoms with Gasteiger partial charge in [-0.2, -0.15) is 0 Å². The first-order chi connectivity index (χ1) is 7.66. The molecule has 86 valence electrons. The minimum absolute atomic E-state index is 0.366. The van der Waals surface area contributed by atoms with Crippen LogP contribution in [0.2, 0.25) is 0 Å². The normalized spacial score (nSPS) is 15.6. The minimum Gasteiger partial charge on any atom is -0.478 e. The number of hydrogen-bond acceptors (Lipinski definition) is 2. The van der Waals surface area contributed by atoms with Crippen molar-refractivity contribution in [3.8, 4) is 0 Å². The highest BCUT2D eigenvalue weighted by Gasteiger charge is 2.18. The van der Waals surface area contributed by atoms with Gasteiger partial charge in [0.1, 0.15) is 0 Å². The van der Waals surface area contributed by atoms with Crippen LogP contribution in [0.15, 0.2) is 18.2 Å². The molecule has 1 fully saturated rings. The van der Waals surface area contributed by atoms with Crippen LogP contribution in [0.4, 0.5) is 5.69 Å². The van der Waals surface area contributed by atoms with E-state index < -0.39 is 5.97 Å². The molecule has 0 aliphatic heterocycles. The van der Waals surface area contributed by atoms with Gasteiger partial charge in [-0.25, -0.2) is 4.79 Å². The van der Waals surface area contributed by atoms with Gasteiger partial charge in [0.05, 0.1) is 5.56 Å². The van der Waals surface area contributed by atoms with Gasteiger partial charge in [-0.3, -0.25) is 0 Å². The smallest absolute Gasteiger partial charge is 0.337 e. The van der Waals surface area contributed by atoms with Gasteiger partial charge in [0.25, 0.3) is 0 Å². The highest BCUT2D eigenvalue weighted by Crippen LogP contribution is 2.27. The topological polar surface area (TPSA) is 49.3 Å². The molecule has 1 aliphatic rings. The summed E-state index contributed by atoms with van der Waals surface area (Å²) in [6, 6.07) is 5.40. The van der Waals surface area contributed by atoms with Crippen LogP contribution in [-0.2, 0) is 0 Å². The predicted octanol–water partition coefficient (Wildman–Crippen LogP) is 2.91. The Balaban J connectivity index is 2.09.